The quantitative estimate of drug-likeness (QED) is 0.439. The second-order valence-electron chi connectivity index (χ2n) is 7.65. The van der Waals surface area contributed by atoms with Crippen LogP contribution in [-0.2, 0) is 12.1 Å². The molecule has 0 radical (unpaired) electrons. The molecule has 0 bridgehead atoms. The van der Waals surface area contributed by atoms with Crippen LogP contribution in [0, 0.1) is 0 Å². The summed E-state index contributed by atoms with van der Waals surface area (Å²) in [6.07, 6.45) is 1.77. The van der Waals surface area contributed by atoms with Gasteiger partial charge in [-0.25, -0.2) is 15.0 Å². The van der Waals surface area contributed by atoms with E-state index in [2.05, 4.69) is 24.1 Å². The summed E-state index contributed by atoms with van der Waals surface area (Å²) in [7, 11) is 0. The first-order valence-corrected chi connectivity index (χ1v) is 10.0. The molecule has 0 aliphatic rings. The SMILES string of the molecule is CC(C)n1cnc2c(NCc3ccccc3)nc([C@](N)(CO)c3ccccc3)nc21. The first-order chi connectivity index (χ1) is 14.5. The van der Waals surface area contributed by atoms with E-state index in [-0.39, 0.29) is 12.6 Å². The number of imidazole rings is 1. The smallest absolute Gasteiger partial charge is 0.166 e. The lowest BCUT2D eigenvalue weighted by Gasteiger charge is -2.27. The summed E-state index contributed by atoms with van der Waals surface area (Å²) in [5.74, 6) is 0.944. The summed E-state index contributed by atoms with van der Waals surface area (Å²) in [5, 5.41) is 13.6. The predicted molar refractivity (Wildman–Crippen MR) is 118 cm³/mol. The molecule has 0 aliphatic carbocycles. The summed E-state index contributed by atoms with van der Waals surface area (Å²) in [5.41, 5.74) is 8.67. The molecule has 4 aromatic rings. The van der Waals surface area contributed by atoms with E-state index in [1.54, 1.807) is 6.33 Å². The lowest BCUT2D eigenvalue weighted by atomic mass is 9.91. The number of hydrogen-bond acceptors (Lipinski definition) is 6. The number of fused-ring (bicyclic) bond motifs is 1. The molecule has 2 aromatic heterocycles. The van der Waals surface area contributed by atoms with Gasteiger partial charge in [-0.05, 0) is 25.0 Å². The Hall–Kier alpha value is -3.29. The number of nitrogens with zero attached hydrogens (tertiary/aromatic N) is 4. The Labute approximate surface area is 175 Å². The Morgan fingerprint density at radius 2 is 1.70 bits per heavy atom. The van der Waals surface area contributed by atoms with Gasteiger partial charge < -0.3 is 20.7 Å². The van der Waals surface area contributed by atoms with E-state index in [1.165, 1.54) is 0 Å². The Morgan fingerprint density at radius 3 is 2.33 bits per heavy atom. The lowest BCUT2D eigenvalue weighted by Crippen LogP contribution is -2.43. The van der Waals surface area contributed by atoms with Crippen molar-refractivity contribution in [1.82, 2.24) is 19.5 Å². The highest BCUT2D eigenvalue weighted by Crippen LogP contribution is 2.29. The van der Waals surface area contributed by atoms with Crippen molar-refractivity contribution in [3.63, 3.8) is 0 Å². The van der Waals surface area contributed by atoms with Gasteiger partial charge in [0, 0.05) is 12.6 Å². The van der Waals surface area contributed by atoms with Crippen LogP contribution in [0.5, 0.6) is 0 Å². The highest BCUT2D eigenvalue weighted by molar-refractivity contribution is 5.83. The maximum Gasteiger partial charge on any atom is 0.166 e. The van der Waals surface area contributed by atoms with E-state index < -0.39 is 5.54 Å². The molecule has 2 heterocycles. The Bertz CT molecular complexity index is 1130. The molecule has 4 N–H and O–H groups in total. The zero-order valence-corrected chi connectivity index (χ0v) is 17.2. The fourth-order valence-corrected chi connectivity index (χ4v) is 3.43. The zero-order chi connectivity index (χ0) is 21.1. The maximum absolute atomic E-state index is 10.2. The Morgan fingerprint density at radius 1 is 1.03 bits per heavy atom. The van der Waals surface area contributed by atoms with Crippen LogP contribution in [0.25, 0.3) is 11.2 Å². The third-order valence-electron chi connectivity index (χ3n) is 5.22. The van der Waals surface area contributed by atoms with Crippen LogP contribution in [0.2, 0.25) is 0 Å². The number of aromatic nitrogens is 4. The molecule has 7 nitrogen and oxygen atoms in total. The molecule has 30 heavy (non-hydrogen) atoms. The minimum absolute atomic E-state index is 0.165. The summed E-state index contributed by atoms with van der Waals surface area (Å²) in [4.78, 5) is 14.0. The minimum atomic E-state index is -1.23. The summed E-state index contributed by atoms with van der Waals surface area (Å²) < 4.78 is 1.98. The zero-order valence-electron chi connectivity index (χ0n) is 17.2. The molecular weight excluding hydrogens is 376 g/mol. The van der Waals surface area contributed by atoms with Gasteiger partial charge >= 0.3 is 0 Å². The van der Waals surface area contributed by atoms with Crippen molar-refractivity contribution in [2.45, 2.75) is 32.0 Å². The third kappa shape index (κ3) is 3.65. The van der Waals surface area contributed by atoms with Crippen LogP contribution in [0.3, 0.4) is 0 Å². The summed E-state index contributed by atoms with van der Waals surface area (Å²) >= 11 is 0. The van der Waals surface area contributed by atoms with Crippen molar-refractivity contribution in [2.24, 2.45) is 5.73 Å². The second-order valence-corrected chi connectivity index (χ2v) is 7.65. The molecule has 0 aliphatic heterocycles. The van der Waals surface area contributed by atoms with E-state index in [1.807, 2.05) is 65.2 Å². The number of anilines is 1. The average Bonchev–Trinajstić information content (AvgIpc) is 3.23. The fourth-order valence-electron chi connectivity index (χ4n) is 3.43. The predicted octanol–water partition coefficient (Wildman–Crippen LogP) is 3.21. The number of aliphatic hydroxyl groups is 1. The molecule has 0 unspecified atom stereocenters. The van der Waals surface area contributed by atoms with Crippen LogP contribution in [-0.4, -0.2) is 31.2 Å². The molecular formula is C23H26N6O. The van der Waals surface area contributed by atoms with Gasteiger partial charge in [0.05, 0.1) is 12.9 Å². The lowest BCUT2D eigenvalue weighted by molar-refractivity contribution is 0.217. The normalized spacial score (nSPS) is 13.5. The van der Waals surface area contributed by atoms with Crippen molar-refractivity contribution in [2.75, 3.05) is 11.9 Å². The van der Waals surface area contributed by atoms with Crippen molar-refractivity contribution in [3.8, 4) is 0 Å². The van der Waals surface area contributed by atoms with Crippen molar-refractivity contribution in [1.29, 1.82) is 0 Å². The maximum atomic E-state index is 10.2. The van der Waals surface area contributed by atoms with Crippen LogP contribution < -0.4 is 11.1 Å². The number of hydrogen-bond donors (Lipinski definition) is 3. The van der Waals surface area contributed by atoms with E-state index in [4.69, 9.17) is 15.7 Å². The van der Waals surface area contributed by atoms with Gasteiger partial charge in [0.1, 0.15) is 11.1 Å². The number of rotatable bonds is 7. The first kappa shape index (κ1) is 20.0. The minimum Gasteiger partial charge on any atom is -0.394 e. The van der Waals surface area contributed by atoms with Gasteiger partial charge in [-0.15, -0.1) is 0 Å². The van der Waals surface area contributed by atoms with Crippen LogP contribution >= 0.6 is 0 Å². The topological polar surface area (TPSA) is 102 Å². The van der Waals surface area contributed by atoms with Gasteiger partial charge in [0.15, 0.2) is 17.3 Å². The molecule has 0 amide bonds. The number of nitrogens with one attached hydrogen (secondary N) is 1. The van der Waals surface area contributed by atoms with E-state index >= 15 is 0 Å². The molecule has 1 atom stereocenters. The largest absolute Gasteiger partial charge is 0.394 e. The van der Waals surface area contributed by atoms with Crippen molar-refractivity contribution >= 4 is 17.0 Å². The van der Waals surface area contributed by atoms with Gasteiger partial charge in [0.25, 0.3) is 0 Å². The molecule has 0 saturated heterocycles. The fraction of sp³-hybridized carbons (Fsp3) is 0.261. The van der Waals surface area contributed by atoms with Gasteiger partial charge in [-0.3, -0.25) is 0 Å². The molecule has 4 rings (SSSR count). The first-order valence-electron chi connectivity index (χ1n) is 10.0. The highest BCUT2D eigenvalue weighted by Gasteiger charge is 2.34. The number of benzene rings is 2. The van der Waals surface area contributed by atoms with Crippen molar-refractivity contribution < 1.29 is 5.11 Å². The Kier molecular flexibility index (Phi) is 5.48. The molecule has 0 saturated carbocycles. The molecule has 154 valence electrons. The molecule has 0 fully saturated rings. The van der Waals surface area contributed by atoms with Crippen LogP contribution in [0.15, 0.2) is 67.0 Å². The van der Waals surface area contributed by atoms with E-state index in [9.17, 15) is 5.11 Å². The Balaban J connectivity index is 1.84. The number of nitrogens with two attached hydrogens (primary N) is 1. The molecule has 2 aromatic carbocycles. The van der Waals surface area contributed by atoms with E-state index in [0.717, 1.165) is 11.1 Å². The van der Waals surface area contributed by atoms with Gasteiger partial charge in [0.2, 0.25) is 0 Å². The third-order valence-corrected chi connectivity index (χ3v) is 5.22. The highest BCUT2D eigenvalue weighted by atomic mass is 16.3. The monoisotopic (exact) mass is 402 g/mol. The molecule has 7 heteroatoms. The number of aliphatic hydroxyl groups excluding tert-OH is 1. The standard InChI is InChI=1S/C23H26N6O/c1-16(2)29-15-26-19-20(25-13-17-9-5-3-6-10-17)27-22(28-21(19)29)23(24,14-30)18-11-7-4-8-12-18/h3-12,15-16,30H,13-14,24H2,1-2H3,(H,25,27,28)/t23-/m0/s1. The van der Waals surface area contributed by atoms with E-state index in [0.29, 0.717) is 29.4 Å². The van der Waals surface area contributed by atoms with Crippen LogP contribution in [0.4, 0.5) is 5.82 Å². The van der Waals surface area contributed by atoms with Gasteiger partial charge in [-0.1, -0.05) is 60.7 Å². The molecule has 0 spiro atoms. The average molecular weight is 403 g/mol. The summed E-state index contributed by atoms with van der Waals surface area (Å²) in [6.45, 7) is 4.40. The van der Waals surface area contributed by atoms with Gasteiger partial charge in [-0.2, -0.15) is 0 Å². The van der Waals surface area contributed by atoms with Crippen molar-refractivity contribution in [3.05, 3.63) is 83.9 Å². The second kappa shape index (κ2) is 8.22. The summed E-state index contributed by atoms with van der Waals surface area (Å²) in [6, 6.07) is 19.7. The van der Waals surface area contributed by atoms with Crippen LogP contribution in [0.1, 0.15) is 36.8 Å².